The van der Waals surface area contributed by atoms with E-state index in [9.17, 15) is 31.0 Å². The Bertz CT molecular complexity index is 988. The second-order valence-corrected chi connectivity index (χ2v) is 7.44. The number of hydrogen-bond donors (Lipinski definition) is 1. The van der Waals surface area contributed by atoms with Crippen molar-refractivity contribution in [2.45, 2.75) is 17.1 Å². The van der Waals surface area contributed by atoms with E-state index in [2.05, 4.69) is 5.10 Å². The molecule has 0 saturated carbocycles. The van der Waals surface area contributed by atoms with Crippen LogP contribution < -0.4 is 5.56 Å². The Kier molecular flexibility index (Phi) is 5.19. The number of halogens is 5. The Morgan fingerprint density at radius 2 is 1.85 bits per heavy atom. The molecule has 0 bridgehead atoms. The zero-order valence-corrected chi connectivity index (χ0v) is 14.2. The van der Waals surface area contributed by atoms with Crippen LogP contribution in [0.25, 0.3) is 0 Å². The number of nitrogens with zero attached hydrogens (tertiary/aromatic N) is 3. The molecule has 0 unspecified atom stereocenters. The summed E-state index contributed by atoms with van der Waals surface area (Å²) in [5, 5.41) is 3.53. The van der Waals surface area contributed by atoms with E-state index in [1.165, 1.54) is 7.05 Å². The number of aryl methyl sites for hydroxylation is 1. The van der Waals surface area contributed by atoms with E-state index in [4.69, 9.17) is 4.78 Å². The molecule has 0 saturated heterocycles. The molecule has 0 fully saturated rings. The van der Waals surface area contributed by atoms with E-state index in [0.29, 0.717) is 18.2 Å². The van der Waals surface area contributed by atoms with Crippen molar-refractivity contribution in [3.8, 4) is 0 Å². The molecule has 26 heavy (non-hydrogen) atoms. The predicted octanol–water partition coefficient (Wildman–Crippen LogP) is 2.61. The highest BCUT2D eigenvalue weighted by Gasteiger charge is 2.47. The first-order chi connectivity index (χ1) is 11.9. The second kappa shape index (κ2) is 6.76. The average molecular weight is 396 g/mol. The summed E-state index contributed by atoms with van der Waals surface area (Å²) >= 11 is 0. The monoisotopic (exact) mass is 396 g/mol. The van der Waals surface area contributed by atoms with Gasteiger partial charge in [-0.25, -0.2) is 26.8 Å². The minimum Gasteiger partial charge on any atom is -0.268 e. The van der Waals surface area contributed by atoms with Crippen LogP contribution in [0, 0.1) is 16.4 Å². The summed E-state index contributed by atoms with van der Waals surface area (Å²) in [4.78, 5) is 11.0. The van der Waals surface area contributed by atoms with E-state index in [1.54, 1.807) is 0 Å². The number of alkyl halides is 3. The average Bonchev–Trinajstić information content (AvgIpc) is 2.52. The summed E-state index contributed by atoms with van der Waals surface area (Å²) in [6.45, 7) is 0. The lowest BCUT2D eigenvalue weighted by Gasteiger charge is -2.31. The van der Waals surface area contributed by atoms with Gasteiger partial charge >= 0.3 is 6.18 Å². The first kappa shape index (κ1) is 20.0. The molecule has 0 aliphatic carbocycles. The van der Waals surface area contributed by atoms with Crippen LogP contribution in [0.3, 0.4) is 0 Å². The maximum Gasteiger partial charge on any atom is 0.409 e. The van der Waals surface area contributed by atoms with Crippen LogP contribution in [0.5, 0.6) is 0 Å². The third-order valence-electron chi connectivity index (χ3n) is 3.60. The molecule has 0 spiro atoms. The van der Waals surface area contributed by atoms with Gasteiger partial charge in [0.2, 0.25) is 0 Å². The highest BCUT2D eigenvalue weighted by Crippen LogP contribution is 2.39. The highest BCUT2D eigenvalue weighted by molar-refractivity contribution is 7.90. The summed E-state index contributed by atoms with van der Waals surface area (Å²) < 4.78 is 88.6. The largest absolute Gasteiger partial charge is 0.409 e. The minimum absolute atomic E-state index is 0.149. The number of aromatic nitrogens is 2. The van der Waals surface area contributed by atoms with Gasteiger partial charge in [-0.15, -0.1) is 0 Å². The Hall–Kier alpha value is -2.34. The summed E-state index contributed by atoms with van der Waals surface area (Å²) in [5.74, 6) is -2.86. The van der Waals surface area contributed by atoms with Gasteiger partial charge < -0.3 is 0 Å². The molecule has 142 valence electrons. The van der Waals surface area contributed by atoms with Crippen molar-refractivity contribution in [3.05, 3.63) is 58.0 Å². The lowest BCUT2D eigenvalue weighted by Crippen LogP contribution is -2.39. The molecule has 1 aromatic heterocycles. The lowest BCUT2D eigenvalue weighted by atomic mass is 10.1. The van der Waals surface area contributed by atoms with Gasteiger partial charge in [0.25, 0.3) is 5.56 Å². The summed E-state index contributed by atoms with van der Waals surface area (Å²) in [5.41, 5.74) is -1.51. The molecule has 1 N–H and O–H groups in total. The first-order valence-electron chi connectivity index (χ1n) is 6.92. The molecule has 1 aromatic carbocycles. The van der Waals surface area contributed by atoms with Crippen molar-refractivity contribution >= 4 is 9.92 Å². The van der Waals surface area contributed by atoms with Crippen molar-refractivity contribution in [1.82, 2.24) is 14.1 Å². The van der Waals surface area contributed by atoms with Gasteiger partial charge in [-0.05, 0) is 17.7 Å². The van der Waals surface area contributed by atoms with Gasteiger partial charge in [0.15, 0.2) is 11.6 Å². The SMILES string of the molecule is CN([C@H](c1ccc(F)c(F)c1)C(F)(F)F)[S@@](=N)(=O)c1cnn(C)c(=O)c1. The standard InChI is InChI=1S/C14H13F5N4O2S/c1-22-12(24)6-9(7-21-22)26(20,25)23(2)13(14(17,18)19)8-3-4-10(15)11(16)5-8/h3-7,13,20H,1-2H3/t13-,26-/m1/s1. The maximum atomic E-state index is 13.5. The predicted molar refractivity (Wildman–Crippen MR) is 81.5 cm³/mol. The zero-order chi connectivity index (χ0) is 19.9. The van der Waals surface area contributed by atoms with Crippen LogP contribution in [0.4, 0.5) is 22.0 Å². The Balaban J connectivity index is 2.59. The topological polar surface area (TPSA) is 79.1 Å². The van der Waals surface area contributed by atoms with Gasteiger partial charge in [0.1, 0.15) is 16.0 Å². The molecule has 0 amide bonds. The molecule has 6 nitrogen and oxygen atoms in total. The fourth-order valence-electron chi connectivity index (χ4n) is 2.21. The molecular weight excluding hydrogens is 383 g/mol. The Labute approximate surface area is 145 Å². The van der Waals surface area contributed by atoms with Gasteiger partial charge in [0, 0.05) is 20.2 Å². The molecule has 0 radical (unpaired) electrons. The van der Waals surface area contributed by atoms with Crippen molar-refractivity contribution in [3.63, 3.8) is 0 Å². The van der Waals surface area contributed by atoms with Crippen molar-refractivity contribution in [1.29, 1.82) is 4.78 Å². The maximum absolute atomic E-state index is 13.5. The van der Waals surface area contributed by atoms with E-state index < -0.39 is 49.8 Å². The molecule has 0 aliphatic rings. The quantitative estimate of drug-likeness (QED) is 0.807. The molecule has 1 heterocycles. The van der Waals surface area contributed by atoms with E-state index >= 15 is 0 Å². The zero-order valence-electron chi connectivity index (χ0n) is 13.4. The molecule has 12 heteroatoms. The van der Waals surface area contributed by atoms with Gasteiger partial charge in [-0.1, -0.05) is 6.07 Å². The van der Waals surface area contributed by atoms with Gasteiger partial charge in [-0.3, -0.25) is 4.79 Å². The van der Waals surface area contributed by atoms with E-state index in [0.717, 1.165) is 24.0 Å². The number of nitrogens with one attached hydrogen (secondary N) is 1. The second-order valence-electron chi connectivity index (χ2n) is 5.34. The van der Waals surface area contributed by atoms with Crippen LogP contribution >= 0.6 is 0 Å². The smallest absolute Gasteiger partial charge is 0.268 e. The fraction of sp³-hybridized carbons (Fsp3) is 0.286. The molecular formula is C14H13F5N4O2S. The first-order valence-corrected chi connectivity index (χ1v) is 8.44. The lowest BCUT2D eigenvalue weighted by molar-refractivity contribution is -0.170. The number of rotatable bonds is 4. The summed E-state index contributed by atoms with van der Waals surface area (Å²) in [6, 6.07) is -0.431. The van der Waals surface area contributed by atoms with Crippen molar-refractivity contribution in [2.24, 2.45) is 7.05 Å². The van der Waals surface area contributed by atoms with Crippen LogP contribution in [-0.4, -0.2) is 31.5 Å². The van der Waals surface area contributed by atoms with Crippen LogP contribution in [0.2, 0.25) is 0 Å². The van der Waals surface area contributed by atoms with E-state index in [-0.39, 0.29) is 4.31 Å². The van der Waals surface area contributed by atoms with Crippen molar-refractivity contribution < 1.29 is 26.2 Å². The van der Waals surface area contributed by atoms with Crippen LogP contribution in [0.1, 0.15) is 11.6 Å². The fourth-order valence-corrected chi connectivity index (χ4v) is 3.53. The summed E-state index contributed by atoms with van der Waals surface area (Å²) in [7, 11) is -2.30. The Morgan fingerprint density at radius 1 is 1.23 bits per heavy atom. The summed E-state index contributed by atoms with van der Waals surface area (Å²) in [6.07, 6.45) is -4.22. The third-order valence-corrected chi connectivity index (χ3v) is 5.49. The van der Waals surface area contributed by atoms with Crippen LogP contribution in [0.15, 0.2) is 40.2 Å². The van der Waals surface area contributed by atoms with Crippen LogP contribution in [-0.2, 0) is 17.0 Å². The Morgan fingerprint density at radius 3 is 2.35 bits per heavy atom. The van der Waals surface area contributed by atoms with Gasteiger partial charge in [0.05, 0.1) is 11.1 Å². The minimum atomic E-state index is -5.06. The normalized spacial score (nSPS) is 15.7. The molecule has 0 aliphatic heterocycles. The number of hydrogen-bond acceptors (Lipinski definition) is 4. The molecule has 2 atom stereocenters. The van der Waals surface area contributed by atoms with Gasteiger partial charge in [-0.2, -0.15) is 18.3 Å². The number of benzene rings is 1. The van der Waals surface area contributed by atoms with E-state index in [1.807, 2.05) is 0 Å². The highest BCUT2D eigenvalue weighted by atomic mass is 32.2. The third kappa shape index (κ3) is 3.75. The molecule has 2 aromatic rings. The van der Waals surface area contributed by atoms with Crippen molar-refractivity contribution in [2.75, 3.05) is 7.05 Å². The molecule has 2 rings (SSSR count).